The van der Waals surface area contributed by atoms with Crippen LogP contribution in [0.15, 0.2) is 0 Å². The summed E-state index contributed by atoms with van der Waals surface area (Å²) in [6.45, 7) is 4.26. The van der Waals surface area contributed by atoms with E-state index in [1.165, 1.54) is 4.31 Å². The van der Waals surface area contributed by atoms with Crippen LogP contribution in [-0.4, -0.2) is 53.2 Å². The first-order chi connectivity index (χ1) is 11.5. The lowest BCUT2D eigenvalue weighted by atomic mass is 10.0. The molecule has 1 atom stereocenters. The standard InChI is InChI=1S/C15H22F3N3O3S/c1-10-13(11(2)20(19-10)9-15(16,17)18)12-8-24-7-6-21(12)25(22,23)14(3)4-5-14/h12H,4-9H2,1-3H3. The molecular formula is C15H22F3N3O3S. The van der Waals surface area contributed by atoms with Crippen LogP contribution in [0.4, 0.5) is 13.2 Å². The summed E-state index contributed by atoms with van der Waals surface area (Å²) in [6.07, 6.45) is -3.19. The number of nitrogens with zero attached hydrogens (tertiary/aromatic N) is 3. The molecule has 2 aliphatic rings. The number of sulfonamides is 1. The minimum atomic E-state index is -4.39. The van der Waals surface area contributed by atoms with Gasteiger partial charge in [0.05, 0.1) is 29.7 Å². The molecule has 0 bridgehead atoms. The Morgan fingerprint density at radius 2 is 1.96 bits per heavy atom. The predicted molar refractivity (Wildman–Crippen MR) is 84.6 cm³/mol. The number of aryl methyl sites for hydroxylation is 1. The molecule has 0 spiro atoms. The Hall–Kier alpha value is -1.13. The van der Waals surface area contributed by atoms with Gasteiger partial charge in [0.25, 0.3) is 0 Å². The Labute approximate surface area is 145 Å². The molecule has 10 heteroatoms. The second kappa shape index (κ2) is 5.95. The lowest BCUT2D eigenvalue weighted by Gasteiger charge is -2.36. The molecule has 1 aliphatic heterocycles. The van der Waals surface area contributed by atoms with E-state index in [1.807, 2.05) is 0 Å². The molecule has 0 radical (unpaired) electrons. The fraction of sp³-hybridized carbons (Fsp3) is 0.800. The molecule has 2 fully saturated rings. The molecule has 1 aliphatic carbocycles. The van der Waals surface area contributed by atoms with E-state index in [-0.39, 0.29) is 19.8 Å². The average molecular weight is 381 g/mol. The second-order valence-corrected chi connectivity index (χ2v) is 9.42. The highest BCUT2D eigenvalue weighted by Gasteiger charge is 2.55. The van der Waals surface area contributed by atoms with Crippen LogP contribution in [0.25, 0.3) is 0 Å². The van der Waals surface area contributed by atoms with Crippen molar-refractivity contribution < 1.29 is 26.3 Å². The van der Waals surface area contributed by atoms with E-state index in [0.29, 0.717) is 29.8 Å². The molecule has 0 N–H and O–H groups in total. The van der Waals surface area contributed by atoms with Gasteiger partial charge >= 0.3 is 6.18 Å². The Kier molecular flexibility index (Phi) is 4.44. The molecule has 1 unspecified atom stereocenters. The highest BCUT2D eigenvalue weighted by Crippen LogP contribution is 2.47. The van der Waals surface area contributed by atoms with Crippen LogP contribution in [0.5, 0.6) is 0 Å². The van der Waals surface area contributed by atoms with Crippen LogP contribution in [0.3, 0.4) is 0 Å². The van der Waals surface area contributed by atoms with Crippen molar-refractivity contribution in [1.29, 1.82) is 0 Å². The maximum atomic E-state index is 13.0. The molecule has 2 heterocycles. The third-order valence-electron chi connectivity index (χ3n) is 5.06. The van der Waals surface area contributed by atoms with Gasteiger partial charge in [-0.2, -0.15) is 22.6 Å². The number of hydrogen-bond acceptors (Lipinski definition) is 4. The SMILES string of the molecule is Cc1nn(CC(F)(F)F)c(C)c1C1COCCN1S(=O)(=O)C1(C)CC1. The predicted octanol–water partition coefficient (Wildman–Crippen LogP) is 2.32. The van der Waals surface area contributed by atoms with Crippen LogP contribution in [-0.2, 0) is 21.3 Å². The van der Waals surface area contributed by atoms with E-state index in [1.54, 1.807) is 20.8 Å². The van der Waals surface area contributed by atoms with Gasteiger partial charge in [-0.25, -0.2) is 8.42 Å². The normalized spacial score (nSPS) is 24.5. The number of morpholine rings is 1. The van der Waals surface area contributed by atoms with Crippen LogP contribution >= 0.6 is 0 Å². The maximum absolute atomic E-state index is 13.0. The quantitative estimate of drug-likeness (QED) is 0.803. The zero-order chi connectivity index (χ0) is 18.6. The van der Waals surface area contributed by atoms with Gasteiger partial charge in [-0.3, -0.25) is 4.68 Å². The van der Waals surface area contributed by atoms with Crippen molar-refractivity contribution in [2.24, 2.45) is 0 Å². The monoisotopic (exact) mass is 381 g/mol. The number of ether oxygens (including phenoxy) is 1. The van der Waals surface area contributed by atoms with Crippen molar-refractivity contribution in [3.05, 3.63) is 17.0 Å². The summed E-state index contributed by atoms with van der Waals surface area (Å²) in [5, 5.41) is 3.98. The molecule has 1 saturated carbocycles. The highest BCUT2D eigenvalue weighted by atomic mass is 32.2. The molecule has 1 aromatic heterocycles. The first kappa shape index (κ1) is 18.7. The van der Waals surface area contributed by atoms with E-state index >= 15 is 0 Å². The molecule has 0 amide bonds. The van der Waals surface area contributed by atoms with Gasteiger partial charge in [-0.05, 0) is 33.6 Å². The number of alkyl halides is 3. The summed E-state index contributed by atoms with van der Waals surface area (Å²) < 4.78 is 71.2. The smallest absolute Gasteiger partial charge is 0.378 e. The van der Waals surface area contributed by atoms with Gasteiger partial charge in [0.2, 0.25) is 10.0 Å². The lowest BCUT2D eigenvalue weighted by Crippen LogP contribution is -2.47. The minimum Gasteiger partial charge on any atom is -0.378 e. The molecule has 1 saturated heterocycles. The molecule has 142 valence electrons. The Morgan fingerprint density at radius 1 is 1.32 bits per heavy atom. The van der Waals surface area contributed by atoms with E-state index < -0.39 is 33.5 Å². The molecule has 1 aromatic rings. The van der Waals surface area contributed by atoms with Gasteiger partial charge in [-0.1, -0.05) is 0 Å². The topological polar surface area (TPSA) is 64.4 Å². The van der Waals surface area contributed by atoms with E-state index in [9.17, 15) is 21.6 Å². The van der Waals surface area contributed by atoms with Crippen molar-refractivity contribution in [3.63, 3.8) is 0 Å². The Bertz CT molecular complexity index is 769. The number of rotatable bonds is 4. The molecule has 0 aromatic carbocycles. The van der Waals surface area contributed by atoms with Crippen LogP contribution in [0, 0.1) is 13.8 Å². The fourth-order valence-corrected chi connectivity index (χ4v) is 5.34. The molecular weight excluding hydrogens is 359 g/mol. The second-order valence-electron chi connectivity index (χ2n) is 7.01. The summed E-state index contributed by atoms with van der Waals surface area (Å²) in [6, 6.07) is -0.641. The highest BCUT2D eigenvalue weighted by molar-refractivity contribution is 7.90. The van der Waals surface area contributed by atoms with Crippen LogP contribution in [0.2, 0.25) is 0 Å². The van der Waals surface area contributed by atoms with Gasteiger partial charge in [0.15, 0.2) is 0 Å². The first-order valence-corrected chi connectivity index (χ1v) is 9.60. The fourth-order valence-electron chi connectivity index (χ4n) is 3.34. The largest absolute Gasteiger partial charge is 0.408 e. The van der Waals surface area contributed by atoms with Crippen LogP contribution < -0.4 is 0 Å². The number of aromatic nitrogens is 2. The van der Waals surface area contributed by atoms with Crippen molar-refractivity contribution in [3.8, 4) is 0 Å². The van der Waals surface area contributed by atoms with Gasteiger partial charge in [-0.15, -0.1) is 0 Å². The summed E-state index contributed by atoms with van der Waals surface area (Å²) in [5.74, 6) is 0. The number of halogens is 3. The maximum Gasteiger partial charge on any atom is 0.408 e. The summed E-state index contributed by atoms with van der Waals surface area (Å²) in [5.41, 5.74) is 1.24. The zero-order valence-corrected chi connectivity index (χ0v) is 15.2. The molecule has 25 heavy (non-hydrogen) atoms. The summed E-state index contributed by atoms with van der Waals surface area (Å²) in [4.78, 5) is 0. The van der Waals surface area contributed by atoms with E-state index in [2.05, 4.69) is 5.10 Å². The third-order valence-corrected chi connectivity index (χ3v) is 7.77. The number of hydrogen-bond donors (Lipinski definition) is 0. The van der Waals surface area contributed by atoms with Gasteiger partial charge in [0.1, 0.15) is 6.54 Å². The van der Waals surface area contributed by atoms with E-state index in [0.717, 1.165) is 4.68 Å². The lowest BCUT2D eigenvalue weighted by molar-refractivity contribution is -0.143. The average Bonchev–Trinajstić information content (AvgIpc) is 3.19. The Balaban J connectivity index is 1.99. The van der Waals surface area contributed by atoms with Crippen molar-refractivity contribution >= 4 is 10.0 Å². The Morgan fingerprint density at radius 3 is 2.52 bits per heavy atom. The van der Waals surface area contributed by atoms with Gasteiger partial charge < -0.3 is 4.74 Å². The van der Waals surface area contributed by atoms with E-state index in [4.69, 9.17) is 4.74 Å². The zero-order valence-electron chi connectivity index (χ0n) is 14.4. The van der Waals surface area contributed by atoms with Gasteiger partial charge in [0, 0.05) is 17.8 Å². The molecule has 6 nitrogen and oxygen atoms in total. The minimum absolute atomic E-state index is 0.120. The van der Waals surface area contributed by atoms with Crippen molar-refractivity contribution in [2.75, 3.05) is 19.8 Å². The molecule has 3 rings (SSSR count). The summed E-state index contributed by atoms with van der Waals surface area (Å²) >= 11 is 0. The van der Waals surface area contributed by atoms with Crippen molar-refractivity contribution in [2.45, 2.75) is 57.1 Å². The first-order valence-electron chi connectivity index (χ1n) is 8.16. The summed E-state index contributed by atoms with van der Waals surface area (Å²) in [7, 11) is -3.55. The van der Waals surface area contributed by atoms with Crippen LogP contribution in [0.1, 0.15) is 42.8 Å². The third kappa shape index (κ3) is 3.31. The van der Waals surface area contributed by atoms with Crippen molar-refractivity contribution in [1.82, 2.24) is 14.1 Å².